The summed E-state index contributed by atoms with van der Waals surface area (Å²) in [7, 11) is -2.95. The predicted octanol–water partition coefficient (Wildman–Crippen LogP) is 1.85. The lowest BCUT2D eigenvalue weighted by Gasteiger charge is -2.34. The SMILES string of the molecule is COC(=O)C1(NS(=O)(=O)c2c(C)cccc2F)CCSCC1. The first-order chi connectivity index (χ1) is 10.3. The molecule has 1 aliphatic heterocycles. The van der Waals surface area contributed by atoms with Crippen LogP contribution in [0.15, 0.2) is 23.1 Å². The second-order valence-corrected chi connectivity index (χ2v) is 8.02. The number of benzene rings is 1. The summed E-state index contributed by atoms with van der Waals surface area (Å²) >= 11 is 1.64. The van der Waals surface area contributed by atoms with Crippen molar-refractivity contribution < 1.29 is 22.3 Å². The van der Waals surface area contributed by atoms with Crippen molar-refractivity contribution in [3.8, 4) is 0 Å². The third-order valence-electron chi connectivity index (χ3n) is 3.68. The van der Waals surface area contributed by atoms with Crippen molar-refractivity contribution in [3.05, 3.63) is 29.6 Å². The molecule has 1 aromatic rings. The van der Waals surface area contributed by atoms with Crippen molar-refractivity contribution >= 4 is 27.8 Å². The molecule has 0 aliphatic carbocycles. The van der Waals surface area contributed by atoms with Crippen molar-refractivity contribution in [2.45, 2.75) is 30.2 Å². The summed E-state index contributed by atoms with van der Waals surface area (Å²) in [5.74, 6) is -0.204. The molecule has 1 saturated heterocycles. The molecule has 0 amide bonds. The fourth-order valence-corrected chi connectivity index (χ4v) is 5.44. The number of carbonyl (C=O) groups excluding carboxylic acids is 1. The van der Waals surface area contributed by atoms with Gasteiger partial charge in [0.15, 0.2) is 0 Å². The Morgan fingerprint density at radius 2 is 2.00 bits per heavy atom. The van der Waals surface area contributed by atoms with E-state index in [1.807, 2.05) is 0 Å². The van der Waals surface area contributed by atoms with Crippen LogP contribution in [-0.4, -0.2) is 38.5 Å². The van der Waals surface area contributed by atoms with Crippen molar-refractivity contribution in [1.82, 2.24) is 4.72 Å². The molecular weight excluding hydrogens is 329 g/mol. The van der Waals surface area contributed by atoms with Crippen molar-refractivity contribution in [2.75, 3.05) is 18.6 Å². The second kappa shape index (κ2) is 6.55. The summed E-state index contributed by atoms with van der Waals surface area (Å²) in [6.07, 6.45) is 0.633. The molecule has 0 atom stereocenters. The summed E-state index contributed by atoms with van der Waals surface area (Å²) in [6.45, 7) is 1.51. The van der Waals surface area contributed by atoms with E-state index in [2.05, 4.69) is 4.72 Å². The van der Waals surface area contributed by atoms with E-state index >= 15 is 0 Å². The first-order valence-electron chi connectivity index (χ1n) is 6.78. The minimum absolute atomic E-state index is 0.290. The summed E-state index contributed by atoms with van der Waals surface area (Å²) in [4.78, 5) is 11.7. The summed E-state index contributed by atoms with van der Waals surface area (Å²) in [5, 5.41) is 0. The van der Waals surface area contributed by atoms with Crippen molar-refractivity contribution in [2.24, 2.45) is 0 Å². The van der Waals surface area contributed by atoms with E-state index in [0.29, 0.717) is 24.3 Å². The van der Waals surface area contributed by atoms with Gasteiger partial charge >= 0.3 is 5.97 Å². The number of ether oxygens (including phenoxy) is 1. The van der Waals surface area contributed by atoms with Crippen LogP contribution in [0.3, 0.4) is 0 Å². The fourth-order valence-electron chi connectivity index (χ4n) is 2.53. The Labute approximate surface area is 133 Å². The van der Waals surface area contributed by atoms with Gasteiger partial charge in [0.25, 0.3) is 0 Å². The maximum Gasteiger partial charge on any atom is 0.327 e. The molecule has 2 rings (SSSR count). The Morgan fingerprint density at radius 3 is 2.55 bits per heavy atom. The van der Waals surface area contributed by atoms with E-state index in [4.69, 9.17) is 4.74 Å². The number of aryl methyl sites for hydroxylation is 1. The van der Waals surface area contributed by atoms with E-state index in [1.54, 1.807) is 11.8 Å². The monoisotopic (exact) mass is 347 g/mol. The number of hydrogen-bond donors (Lipinski definition) is 1. The van der Waals surface area contributed by atoms with E-state index in [0.717, 1.165) is 6.07 Å². The minimum Gasteiger partial charge on any atom is -0.468 e. The summed E-state index contributed by atoms with van der Waals surface area (Å²) in [5.41, 5.74) is -1.04. The lowest BCUT2D eigenvalue weighted by Crippen LogP contribution is -2.57. The largest absolute Gasteiger partial charge is 0.468 e. The highest BCUT2D eigenvalue weighted by Gasteiger charge is 2.45. The molecule has 1 heterocycles. The Kier molecular flexibility index (Phi) is 5.14. The number of sulfonamides is 1. The van der Waals surface area contributed by atoms with Crippen LogP contribution in [-0.2, 0) is 19.6 Å². The minimum atomic E-state index is -4.17. The molecule has 122 valence electrons. The number of hydrogen-bond acceptors (Lipinski definition) is 5. The normalized spacial score (nSPS) is 18.0. The van der Waals surface area contributed by atoms with Crippen LogP contribution in [0.5, 0.6) is 0 Å². The molecule has 5 nitrogen and oxygen atoms in total. The first-order valence-corrected chi connectivity index (χ1v) is 9.41. The van der Waals surface area contributed by atoms with E-state index in [1.165, 1.54) is 26.2 Å². The van der Waals surface area contributed by atoms with Crippen molar-refractivity contribution in [3.63, 3.8) is 0 Å². The molecule has 0 spiro atoms. The Bertz CT molecular complexity index is 649. The van der Waals surface area contributed by atoms with E-state index < -0.39 is 32.2 Å². The molecule has 1 N–H and O–H groups in total. The zero-order valence-electron chi connectivity index (χ0n) is 12.4. The van der Waals surface area contributed by atoms with Gasteiger partial charge in [-0.25, -0.2) is 12.8 Å². The molecule has 0 bridgehead atoms. The lowest BCUT2D eigenvalue weighted by molar-refractivity contribution is -0.148. The standard InChI is InChI=1S/C14H18FNO4S2/c1-10-4-3-5-11(15)12(10)22(18,19)16-14(13(17)20-2)6-8-21-9-7-14/h3-5,16H,6-9H2,1-2H3. The molecule has 1 aliphatic rings. The van der Waals surface area contributed by atoms with Gasteiger partial charge in [0.2, 0.25) is 10.0 Å². The van der Waals surface area contributed by atoms with Crippen LogP contribution < -0.4 is 4.72 Å². The van der Waals surface area contributed by atoms with Gasteiger partial charge in [0.05, 0.1) is 7.11 Å². The van der Waals surface area contributed by atoms with Crippen LogP contribution in [0.2, 0.25) is 0 Å². The number of rotatable bonds is 4. The predicted molar refractivity (Wildman–Crippen MR) is 82.8 cm³/mol. The first kappa shape index (κ1) is 17.2. The number of halogens is 1. The average Bonchev–Trinajstić information content (AvgIpc) is 2.46. The van der Waals surface area contributed by atoms with Gasteiger partial charge in [-0.2, -0.15) is 16.5 Å². The fraction of sp³-hybridized carbons (Fsp3) is 0.500. The molecule has 1 aromatic carbocycles. The van der Waals surface area contributed by atoms with Crippen molar-refractivity contribution in [1.29, 1.82) is 0 Å². The molecule has 0 radical (unpaired) electrons. The van der Waals surface area contributed by atoms with Crippen LogP contribution >= 0.6 is 11.8 Å². The highest BCUT2D eigenvalue weighted by atomic mass is 32.2. The highest BCUT2D eigenvalue weighted by Crippen LogP contribution is 2.31. The number of thioether (sulfide) groups is 1. The van der Waals surface area contributed by atoms with Gasteiger partial charge in [0.1, 0.15) is 16.3 Å². The van der Waals surface area contributed by atoms with Gasteiger partial charge < -0.3 is 4.74 Å². The van der Waals surface area contributed by atoms with Gasteiger partial charge in [-0.15, -0.1) is 0 Å². The highest BCUT2D eigenvalue weighted by molar-refractivity contribution is 7.99. The summed E-state index contributed by atoms with van der Waals surface area (Å²) < 4.78 is 46.3. The van der Waals surface area contributed by atoms with Crippen LogP contribution in [0.25, 0.3) is 0 Å². The maximum absolute atomic E-state index is 14.0. The van der Waals surface area contributed by atoms with Gasteiger partial charge in [0, 0.05) is 0 Å². The molecular formula is C14H18FNO4S2. The van der Waals surface area contributed by atoms with E-state index in [9.17, 15) is 17.6 Å². The third kappa shape index (κ3) is 3.28. The summed E-state index contributed by atoms with van der Waals surface area (Å²) in [6, 6.07) is 4.04. The molecule has 22 heavy (non-hydrogen) atoms. The molecule has 1 fully saturated rings. The zero-order valence-corrected chi connectivity index (χ0v) is 14.0. The third-order valence-corrected chi connectivity index (χ3v) is 6.38. The van der Waals surface area contributed by atoms with Gasteiger partial charge in [-0.1, -0.05) is 12.1 Å². The van der Waals surface area contributed by atoms with Crippen LogP contribution in [0.1, 0.15) is 18.4 Å². The van der Waals surface area contributed by atoms with Gasteiger partial charge in [-0.05, 0) is 42.9 Å². The Balaban J connectivity index is 2.43. The number of nitrogens with one attached hydrogen (secondary N) is 1. The molecule has 8 heteroatoms. The van der Waals surface area contributed by atoms with Gasteiger partial charge in [-0.3, -0.25) is 4.79 Å². The van der Waals surface area contributed by atoms with E-state index in [-0.39, 0.29) is 5.56 Å². The number of methoxy groups -OCH3 is 1. The topological polar surface area (TPSA) is 72.5 Å². The number of esters is 1. The van der Waals surface area contributed by atoms with Crippen LogP contribution in [0, 0.1) is 12.7 Å². The number of carbonyl (C=O) groups is 1. The molecule has 0 aromatic heterocycles. The smallest absolute Gasteiger partial charge is 0.327 e. The lowest BCUT2D eigenvalue weighted by atomic mass is 9.94. The molecule has 0 saturated carbocycles. The molecule has 0 unspecified atom stereocenters. The Hall–Kier alpha value is -1.12. The second-order valence-electron chi connectivity index (χ2n) is 5.18. The zero-order chi connectivity index (χ0) is 16.4. The quantitative estimate of drug-likeness (QED) is 0.842. The average molecular weight is 347 g/mol. The van der Waals surface area contributed by atoms with Crippen LogP contribution in [0.4, 0.5) is 4.39 Å². The Morgan fingerprint density at radius 1 is 1.36 bits per heavy atom. The maximum atomic E-state index is 14.0.